The number of rotatable bonds is 3. The Morgan fingerprint density at radius 2 is 1.84 bits per heavy atom. The molecule has 0 unspecified atom stereocenters. The molecule has 2 aromatic carbocycles. The van der Waals surface area contributed by atoms with Crippen molar-refractivity contribution in [3.05, 3.63) is 82.5 Å². The maximum Gasteiger partial charge on any atom is 0.348 e. The predicted octanol–water partition coefficient (Wildman–Crippen LogP) is 2.49. The average molecular weight is 427 g/mol. The molecule has 6 rings (SSSR count). The molecule has 0 saturated heterocycles. The van der Waals surface area contributed by atoms with E-state index < -0.39 is 5.54 Å². The van der Waals surface area contributed by atoms with Crippen LogP contribution in [0.1, 0.15) is 24.2 Å². The zero-order chi connectivity index (χ0) is 21.9. The van der Waals surface area contributed by atoms with E-state index in [0.717, 1.165) is 27.9 Å². The minimum absolute atomic E-state index is 0.166. The molecule has 1 fully saturated rings. The number of nitrogens with one attached hydrogen (secondary N) is 1. The van der Waals surface area contributed by atoms with E-state index in [2.05, 4.69) is 10.2 Å². The van der Waals surface area contributed by atoms with Crippen molar-refractivity contribution in [3.8, 4) is 34.0 Å². The molecular weight excluding hydrogens is 406 g/mol. The Morgan fingerprint density at radius 1 is 1.09 bits per heavy atom. The Kier molecular flexibility index (Phi) is 4.08. The first-order valence-corrected chi connectivity index (χ1v) is 10.5. The van der Waals surface area contributed by atoms with Crippen LogP contribution >= 0.6 is 0 Å². The van der Waals surface area contributed by atoms with Gasteiger partial charge in [0.2, 0.25) is 5.88 Å². The summed E-state index contributed by atoms with van der Waals surface area (Å²) in [6, 6.07) is 19.8. The van der Waals surface area contributed by atoms with Crippen LogP contribution in [0.5, 0.6) is 5.88 Å². The first-order valence-electron chi connectivity index (χ1n) is 10.5. The van der Waals surface area contributed by atoms with Gasteiger partial charge >= 0.3 is 5.69 Å². The Hall–Kier alpha value is -3.75. The number of ether oxygens (including phenoxy) is 1. The van der Waals surface area contributed by atoms with Crippen molar-refractivity contribution in [3.63, 3.8) is 0 Å². The lowest BCUT2D eigenvalue weighted by molar-refractivity contribution is 0.0209. The quantitative estimate of drug-likeness (QED) is 0.462. The molecule has 0 atom stereocenters. The summed E-state index contributed by atoms with van der Waals surface area (Å²) in [7, 11) is 0. The number of nitrogens with two attached hydrogens (primary N) is 1. The molecule has 0 amide bonds. The molecular formula is C24H21N5O3. The Labute approximate surface area is 183 Å². The van der Waals surface area contributed by atoms with E-state index >= 15 is 0 Å². The van der Waals surface area contributed by atoms with Gasteiger partial charge in [0, 0.05) is 16.7 Å². The fourth-order valence-electron chi connectivity index (χ4n) is 4.59. The second-order valence-electron chi connectivity index (χ2n) is 8.44. The van der Waals surface area contributed by atoms with Crippen LogP contribution in [0.2, 0.25) is 0 Å². The topological polar surface area (TPSA) is 119 Å². The van der Waals surface area contributed by atoms with Crippen molar-refractivity contribution in [1.29, 1.82) is 0 Å². The lowest BCUT2D eigenvalue weighted by Crippen LogP contribution is -2.51. The number of nitrogens with zero attached hydrogens (tertiary/aromatic N) is 3. The van der Waals surface area contributed by atoms with Crippen LogP contribution in [0.25, 0.3) is 28.1 Å². The van der Waals surface area contributed by atoms with Gasteiger partial charge in [-0.05, 0) is 30.0 Å². The van der Waals surface area contributed by atoms with Gasteiger partial charge in [-0.2, -0.15) is 5.10 Å². The summed E-state index contributed by atoms with van der Waals surface area (Å²) in [5, 5.41) is 16.2. The lowest BCUT2D eigenvalue weighted by Gasteiger charge is -2.42. The highest BCUT2D eigenvalue weighted by Gasteiger charge is 2.41. The second kappa shape index (κ2) is 6.88. The van der Waals surface area contributed by atoms with E-state index in [0.29, 0.717) is 30.2 Å². The first-order chi connectivity index (χ1) is 15.5. The third-order valence-corrected chi connectivity index (χ3v) is 6.31. The van der Waals surface area contributed by atoms with Crippen LogP contribution in [0.15, 0.2) is 65.5 Å². The van der Waals surface area contributed by atoms with Gasteiger partial charge in [0.15, 0.2) is 12.4 Å². The third kappa shape index (κ3) is 2.88. The number of pyridine rings is 1. The number of aromatic amines is 1. The monoisotopic (exact) mass is 427 g/mol. The molecule has 4 aromatic rings. The minimum atomic E-state index is -0.481. The van der Waals surface area contributed by atoms with E-state index in [9.17, 15) is 9.90 Å². The number of aliphatic hydroxyl groups is 1. The van der Waals surface area contributed by atoms with Crippen molar-refractivity contribution >= 4 is 0 Å². The van der Waals surface area contributed by atoms with E-state index in [4.69, 9.17) is 15.5 Å². The van der Waals surface area contributed by atoms with Crippen molar-refractivity contribution < 1.29 is 9.84 Å². The fraction of sp³-hybridized carbons (Fsp3) is 0.208. The molecule has 2 aromatic heterocycles. The molecule has 1 aliphatic carbocycles. The second-order valence-corrected chi connectivity index (χ2v) is 8.44. The Balaban J connectivity index is 1.51. The molecule has 0 radical (unpaired) electrons. The third-order valence-electron chi connectivity index (χ3n) is 6.31. The summed E-state index contributed by atoms with van der Waals surface area (Å²) in [4.78, 5) is 17.2. The van der Waals surface area contributed by atoms with Crippen molar-refractivity contribution in [2.45, 2.75) is 31.1 Å². The summed E-state index contributed by atoms with van der Waals surface area (Å²) in [5.74, 6) is 0.897. The molecule has 1 aliphatic heterocycles. The summed E-state index contributed by atoms with van der Waals surface area (Å²) >= 11 is 0. The van der Waals surface area contributed by atoms with E-state index in [1.807, 2.05) is 60.7 Å². The molecule has 4 N–H and O–H groups in total. The lowest BCUT2D eigenvalue weighted by atomic mass is 9.70. The molecule has 8 nitrogen and oxygen atoms in total. The Bertz CT molecular complexity index is 1370. The molecule has 0 spiro atoms. The standard InChI is InChI=1S/C24H21N5O3/c25-24(11-17(30)12-24)16-8-6-15(7-9-16)21-18(14-4-2-1-3-5-14)10-19-22(26-21)32-13-20-27-28-23(31)29(19)20/h1-10,17,30H,11-13,25H2,(H,28,31)/t17-,24+. The van der Waals surface area contributed by atoms with Crippen LogP contribution in [-0.2, 0) is 12.1 Å². The first kappa shape index (κ1) is 19.0. The largest absolute Gasteiger partial charge is 0.468 e. The number of H-pyrrole nitrogens is 1. The smallest absolute Gasteiger partial charge is 0.348 e. The van der Waals surface area contributed by atoms with Gasteiger partial charge in [-0.3, -0.25) is 0 Å². The van der Waals surface area contributed by atoms with Gasteiger partial charge in [0.05, 0.1) is 11.8 Å². The maximum atomic E-state index is 12.3. The van der Waals surface area contributed by atoms with Crippen LogP contribution in [0, 0.1) is 0 Å². The number of fused-ring (bicyclic) bond motifs is 3. The summed E-state index contributed by atoms with van der Waals surface area (Å²) < 4.78 is 7.34. The van der Waals surface area contributed by atoms with Crippen molar-refractivity contribution in [2.75, 3.05) is 0 Å². The Morgan fingerprint density at radius 3 is 2.56 bits per heavy atom. The van der Waals surface area contributed by atoms with Gasteiger partial charge < -0.3 is 15.6 Å². The van der Waals surface area contributed by atoms with Gasteiger partial charge in [-0.25, -0.2) is 19.4 Å². The van der Waals surface area contributed by atoms with E-state index in [1.165, 1.54) is 4.57 Å². The van der Waals surface area contributed by atoms with Crippen LogP contribution < -0.4 is 16.2 Å². The van der Waals surface area contributed by atoms with Gasteiger partial charge in [-0.1, -0.05) is 54.6 Å². The zero-order valence-corrected chi connectivity index (χ0v) is 17.2. The number of aliphatic hydroxyl groups excluding tert-OH is 1. The van der Waals surface area contributed by atoms with E-state index in [1.54, 1.807) is 0 Å². The van der Waals surface area contributed by atoms with Crippen LogP contribution in [0.4, 0.5) is 0 Å². The van der Waals surface area contributed by atoms with Gasteiger partial charge in [0.25, 0.3) is 0 Å². The minimum Gasteiger partial charge on any atom is -0.468 e. The summed E-state index contributed by atoms with van der Waals surface area (Å²) in [6.07, 6.45) is 0.794. The molecule has 1 saturated carbocycles. The SMILES string of the molecule is N[C@]1(c2ccc(-c3nc4c(cc3-c3ccccc3)-n3c(n[nH]c3=O)CO4)cc2)C[C@H](O)C1. The highest BCUT2D eigenvalue weighted by atomic mass is 16.5. The zero-order valence-electron chi connectivity index (χ0n) is 17.2. The van der Waals surface area contributed by atoms with Crippen LogP contribution in [-0.4, -0.2) is 31.0 Å². The molecule has 2 aliphatic rings. The number of benzene rings is 2. The van der Waals surface area contributed by atoms with Gasteiger partial charge in [0.1, 0.15) is 5.69 Å². The maximum absolute atomic E-state index is 12.3. The van der Waals surface area contributed by atoms with Crippen LogP contribution in [0.3, 0.4) is 0 Å². The predicted molar refractivity (Wildman–Crippen MR) is 118 cm³/mol. The molecule has 3 heterocycles. The van der Waals surface area contributed by atoms with Gasteiger partial charge in [-0.15, -0.1) is 0 Å². The van der Waals surface area contributed by atoms with Crippen molar-refractivity contribution in [1.82, 2.24) is 19.7 Å². The summed E-state index contributed by atoms with van der Waals surface area (Å²) in [5.41, 5.74) is 10.7. The molecule has 0 bridgehead atoms. The average Bonchev–Trinajstić information content (AvgIpc) is 3.19. The number of hydrogen-bond acceptors (Lipinski definition) is 6. The molecule has 160 valence electrons. The summed E-state index contributed by atoms with van der Waals surface area (Å²) in [6.45, 7) is 0.166. The van der Waals surface area contributed by atoms with E-state index in [-0.39, 0.29) is 18.4 Å². The van der Waals surface area contributed by atoms with Crippen molar-refractivity contribution in [2.24, 2.45) is 5.73 Å². The molecule has 8 heteroatoms. The molecule has 32 heavy (non-hydrogen) atoms. The highest BCUT2D eigenvalue weighted by Crippen LogP contribution is 2.41. The fourth-order valence-corrected chi connectivity index (χ4v) is 4.59. The number of aromatic nitrogens is 4. The normalized spacial score (nSPS) is 21.2. The highest BCUT2D eigenvalue weighted by molar-refractivity contribution is 5.83. The number of hydrogen-bond donors (Lipinski definition) is 3.